The van der Waals surface area contributed by atoms with Crippen molar-refractivity contribution in [3.8, 4) is 11.5 Å². The third-order valence-corrected chi connectivity index (χ3v) is 5.76. The van der Waals surface area contributed by atoms with Crippen LogP contribution in [-0.2, 0) is 0 Å². The van der Waals surface area contributed by atoms with Crippen molar-refractivity contribution in [1.29, 1.82) is 0 Å². The van der Waals surface area contributed by atoms with Crippen LogP contribution in [0.4, 0.5) is 0 Å². The van der Waals surface area contributed by atoms with Crippen molar-refractivity contribution in [2.45, 2.75) is 11.8 Å². The van der Waals surface area contributed by atoms with Crippen molar-refractivity contribution in [2.24, 2.45) is 0 Å². The first-order valence-corrected chi connectivity index (χ1v) is 8.80. The summed E-state index contributed by atoms with van der Waals surface area (Å²) in [5, 5.41) is 0. The first-order chi connectivity index (χ1) is 9.99. The zero-order valence-electron chi connectivity index (χ0n) is 11.9. The summed E-state index contributed by atoms with van der Waals surface area (Å²) in [6.07, 6.45) is 0. The second kappa shape index (κ2) is 7.16. The lowest BCUT2D eigenvalue weighted by Crippen LogP contribution is -2.02. The number of alkyl halides is 1. The van der Waals surface area contributed by atoms with E-state index in [0.717, 1.165) is 31.6 Å². The molecule has 0 aromatic heterocycles. The minimum atomic E-state index is -0.0464. The Hall–Kier alpha value is -0.520. The summed E-state index contributed by atoms with van der Waals surface area (Å²) in [6, 6.07) is 9.98. The van der Waals surface area contributed by atoms with Gasteiger partial charge in [0.05, 0.1) is 24.6 Å². The molecule has 0 radical (unpaired) electrons. The fourth-order valence-electron chi connectivity index (χ4n) is 2.14. The molecule has 0 fully saturated rings. The third-order valence-electron chi connectivity index (χ3n) is 3.27. The van der Waals surface area contributed by atoms with Gasteiger partial charge in [0.25, 0.3) is 0 Å². The Labute approximate surface area is 150 Å². The standard InChI is InChI=1S/C16H15Br3O2/c1-9-7-12(18)10(8-11(9)17)16(19)15-13(20-2)5-4-6-14(15)21-3/h4-8,16H,1-3H3. The van der Waals surface area contributed by atoms with Gasteiger partial charge in [-0.1, -0.05) is 53.9 Å². The summed E-state index contributed by atoms with van der Waals surface area (Å²) in [5.41, 5.74) is 3.26. The normalized spacial score (nSPS) is 12.1. The predicted octanol–water partition coefficient (Wildman–Crippen LogP) is 6.02. The lowest BCUT2D eigenvalue weighted by atomic mass is 10.0. The fourth-order valence-corrected chi connectivity index (χ4v) is 4.33. The van der Waals surface area contributed by atoms with Gasteiger partial charge in [-0.05, 0) is 42.3 Å². The molecule has 0 bridgehead atoms. The van der Waals surface area contributed by atoms with Crippen molar-refractivity contribution >= 4 is 47.8 Å². The van der Waals surface area contributed by atoms with Gasteiger partial charge in [-0.2, -0.15) is 0 Å². The quantitative estimate of drug-likeness (QED) is 0.500. The zero-order valence-corrected chi connectivity index (χ0v) is 16.7. The summed E-state index contributed by atoms with van der Waals surface area (Å²) in [5.74, 6) is 1.58. The van der Waals surface area contributed by atoms with Crippen LogP contribution >= 0.6 is 47.8 Å². The van der Waals surface area contributed by atoms with Gasteiger partial charge in [-0.3, -0.25) is 0 Å². The van der Waals surface area contributed by atoms with Gasteiger partial charge in [0.2, 0.25) is 0 Å². The molecule has 0 saturated carbocycles. The number of rotatable bonds is 4. The van der Waals surface area contributed by atoms with Gasteiger partial charge in [0.15, 0.2) is 0 Å². The lowest BCUT2D eigenvalue weighted by molar-refractivity contribution is 0.386. The van der Waals surface area contributed by atoms with Gasteiger partial charge >= 0.3 is 0 Å². The van der Waals surface area contributed by atoms with E-state index in [4.69, 9.17) is 9.47 Å². The van der Waals surface area contributed by atoms with E-state index in [1.807, 2.05) is 18.2 Å². The molecule has 0 saturated heterocycles. The van der Waals surface area contributed by atoms with Crippen molar-refractivity contribution in [3.05, 3.63) is 56.0 Å². The summed E-state index contributed by atoms with van der Waals surface area (Å²) in [7, 11) is 3.33. The van der Waals surface area contributed by atoms with Crippen molar-refractivity contribution in [2.75, 3.05) is 14.2 Å². The molecule has 21 heavy (non-hydrogen) atoms. The highest BCUT2D eigenvalue weighted by atomic mass is 79.9. The van der Waals surface area contributed by atoms with E-state index >= 15 is 0 Å². The van der Waals surface area contributed by atoms with E-state index in [-0.39, 0.29) is 4.83 Å². The Balaban J connectivity index is 2.59. The molecule has 0 heterocycles. The molecule has 0 amide bonds. The second-order valence-corrected chi connectivity index (χ2v) is 7.19. The van der Waals surface area contributed by atoms with Crippen LogP contribution in [0.25, 0.3) is 0 Å². The highest BCUT2D eigenvalue weighted by molar-refractivity contribution is 9.11. The average Bonchev–Trinajstić information content (AvgIpc) is 2.49. The Kier molecular flexibility index (Phi) is 5.74. The third kappa shape index (κ3) is 3.46. The number of halogens is 3. The minimum absolute atomic E-state index is 0.0464. The number of methoxy groups -OCH3 is 2. The average molecular weight is 479 g/mol. The highest BCUT2D eigenvalue weighted by Crippen LogP contribution is 2.45. The fraction of sp³-hybridized carbons (Fsp3) is 0.250. The van der Waals surface area contributed by atoms with Crippen molar-refractivity contribution in [3.63, 3.8) is 0 Å². The van der Waals surface area contributed by atoms with E-state index in [9.17, 15) is 0 Å². The SMILES string of the molecule is COc1cccc(OC)c1C(Br)c1cc(Br)c(C)cc1Br. The number of benzene rings is 2. The first kappa shape index (κ1) is 16.8. The first-order valence-electron chi connectivity index (χ1n) is 6.30. The number of hydrogen-bond acceptors (Lipinski definition) is 2. The summed E-state index contributed by atoms with van der Waals surface area (Å²) in [4.78, 5) is -0.0464. The molecule has 0 spiro atoms. The molecule has 2 aromatic carbocycles. The minimum Gasteiger partial charge on any atom is -0.496 e. The van der Waals surface area contributed by atoms with Crippen LogP contribution < -0.4 is 9.47 Å². The van der Waals surface area contributed by atoms with Crippen LogP contribution in [0, 0.1) is 6.92 Å². The molecule has 1 atom stereocenters. The Bertz CT molecular complexity index is 634. The van der Waals surface area contributed by atoms with E-state index in [1.54, 1.807) is 14.2 Å². The molecule has 2 rings (SSSR count). The molecule has 0 N–H and O–H groups in total. The van der Waals surface area contributed by atoms with Crippen LogP contribution in [0.15, 0.2) is 39.3 Å². The summed E-state index contributed by atoms with van der Waals surface area (Å²) < 4.78 is 13.1. The van der Waals surface area contributed by atoms with Gasteiger partial charge in [0.1, 0.15) is 11.5 Å². The second-order valence-electron chi connectivity index (χ2n) is 4.56. The molecule has 2 aromatic rings. The number of ether oxygens (including phenoxy) is 2. The summed E-state index contributed by atoms with van der Waals surface area (Å²) in [6.45, 7) is 2.06. The maximum absolute atomic E-state index is 5.49. The maximum atomic E-state index is 5.49. The van der Waals surface area contributed by atoms with Crippen LogP contribution in [0.1, 0.15) is 21.5 Å². The van der Waals surface area contributed by atoms with Crippen molar-refractivity contribution < 1.29 is 9.47 Å². The van der Waals surface area contributed by atoms with Gasteiger partial charge in [-0.25, -0.2) is 0 Å². The van der Waals surface area contributed by atoms with Crippen LogP contribution in [0.3, 0.4) is 0 Å². The molecule has 0 aliphatic carbocycles. The van der Waals surface area contributed by atoms with Crippen LogP contribution in [0.5, 0.6) is 11.5 Å². The van der Waals surface area contributed by atoms with E-state index < -0.39 is 0 Å². The molecule has 2 nitrogen and oxygen atoms in total. The zero-order chi connectivity index (χ0) is 15.6. The topological polar surface area (TPSA) is 18.5 Å². The van der Waals surface area contributed by atoms with Crippen molar-refractivity contribution in [1.82, 2.24) is 0 Å². The smallest absolute Gasteiger partial charge is 0.127 e. The summed E-state index contributed by atoms with van der Waals surface area (Å²) >= 11 is 11.0. The van der Waals surface area contributed by atoms with Gasteiger partial charge in [0, 0.05) is 8.95 Å². The van der Waals surface area contributed by atoms with Crippen LogP contribution in [0.2, 0.25) is 0 Å². The Morgan fingerprint density at radius 2 is 1.52 bits per heavy atom. The molecular weight excluding hydrogens is 464 g/mol. The molecular formula is C16H15Br3O2. The molecule has 1 unspecified atom stereocenters. The molecule has 0 aliphatic rings. The van der Waals surface area contributed by atoms with Crippen LogP contribution in [-0.4, -0.2) is 14.2 Å². The Morgan fingerprint density at radius 3 is 2.05 bits per heavy atom. The largest absolute Gasteiger partial charge is 0.496 e. The van der Waals surface area contributed by atoms with E-state index in [1.165, 1.54) is 5.56 Å². The lowest BCUT2D eigenvalue weighted by Gasteiger charge is -2.19. The molecule has 112 valence electrons. The molecule has 5 heteroatoms. The van der Waals surface area contributed by atoms with Gasteiger partial charge in [-0.15, -0.1) is 0 Å². The highest BCUT2D eigenvalue weighted by Gasteiger charge is 2.22. The predicted molar refractivity (Wildman–Crippen MR) is 96.9 cm³/mol. The Morgan fingerprint density at radius 1 is 0.952 bits per heavy atom. The monoisotopic (exact) mass is 476 g/mol. The number of hydrogen-bond donors (Lipinski definition) is 0. The number of aryl methyl sites for hydroxylation is 1. The van der Waals surface area contributed by atoms with E-state index in [0.29, 0.717) is 0 Å². The van der Waals surface area contributed by atoms with E-state index in [2.05, 4.69) is 66.8 Å². The molecule has 0 aliphatic heterocycles. The van der Waals surface area contributed by atoms with Gasteiger partial charge < -0.3 is 9.47 Å². The maximum Gasteiger partial charge on any atom is 0.127 e.